The molecule has 0 aliphatic heterocycles. The van der Waals surface area contributed by atoms with Crippen LogP contribution in [0.1, 0.15) is 52.0 Å². The minimum Gasteiger partial charge on any atom is -0.491 e. The van der Waals surface area contributed by atoms with E-state index in [-0.39, 0.29) is 6.10 Å². The van der Waals surface area contributed by atoms with E-state index in [2.05, 4.69) is 45.9 Å². The summed E-state index contributed by atoms with van der Waals surface area (Å²) in [5, 5.41) is 0. The molecule has 0 aromatic heterocycles. The first-order valence-electron chi connectivity index (χ1n) is 5.94. The van der Waals surface area contributed by atoms with Crippen molar-refractivity contribution in [1.29, 1.82) is 0 Å². The Morgan fingerprint density at radius 3 is 2.20 bits per heavy atom. The van der Waals surface area contributed by atoms with Crippen LogP contribution in [0.5, 0.6) is 5.75 Å². The van der Waals surface area contributed by atoms with Crippen LogP contribution >= 0.6 is 0 Å². The van der Waals surface area contributed by atoms with Crippen LogP contribution in [0, 0.1) is 0 Å². The zero-order valence-electron chi connectivity index (χ0n) is 10.3. The lowest BCUT2D eigenvalue weighted by atomic mass is 9.93. The maximum atomic E-state index is 5.83. The molecule has 0 saturated heterocycles. The Bertz CT molecular complexity index is 287. The molecule has 0 aliphatic carbocycles. The number of hydrogen-bond acceptors (Lipinski definition) is 1. The summed E-state index contributed by atoms with van der Waals surface area (Å²) in [4.78, 5) is 0. The Labute approximate surface area is 93.5 Å². The number of benzene rings is 1. The van der Waals surface area contributed by atoms with Gasteiger partial charge in [0.25, 0.3) is 0 Å². The summed E-state index contributed by atoms with van der Waals surface area (Å²) in [6.07, 6.45) is 2.60. The quantitative estimate of drug-likeness (QED) is 0.694. The fourth-order valence-electron chi connectivity index (χ4n) is 1.91. The van der Waals surface area contributed by atoms with Gasteiger partial charge in [-0.15, -0.1) is 0 Å². The van der Waals surface area contributed by atoms with Crippen molar-refractivity contribution in [2.75, 3.05) is 0 Å². The van der Waals surface area contributed by atoms with E-state index in [9.17, 15) is 0 Å². The Kier molecular flexibility index (Phi) is 4.67. The molecule has 0 saturated carbocycles. The molecule has 0 fully saturated rings. The lowest BCUT2D eigenvalue weighted by Crippen LogP contribution is -2.09. The molecule has 1 heteroatoms. The molecular formula is C14H22O. The summed E-state index contributed by atoms with van der Waals surface area (Å²) in [5.74, 6) is 1.68. The number of para-hydroxylation sites is 1. The van der Waals surface area contributed by atoms with Gasteiger partial charge in [-0.1, -0.05) is 32.0 Å². The monoisotopic (exact) mass is 206 g/mol. The Hall–Kier alpha value is -0.980. The van der Waals surface area contributed by atoms with Crippen molar-refractivity contribution in [2.45, 2.75) is 52.6 Å². The van der Waals surface area contributed by atoms with Crippen molar-refractivity contribution in [1.82, 2.24) is 0 Å². The van der Waals surface area contributed by atoms with Crippen LogP contribution in [-0.2, 0) is 0 Å². The summed E-state index contributed by atoms with van der Waals surface area (Å²) < 4.78 is 5.83. The first-order valence-corrected chi connectivity index (χ1v) is 5.94. The SMILES string of the molecule is CCC(CC)c1ccccc1OC(C)C. The van der Waals surface area contributed by atoms with Gasteiger partial charge in [0.2, 0.25) is 0 Å². The second-order valence-electron chi connectivity index (χ2n) is 4.22. The van der Waals surface area contributed by atoms with Crippen LogP contribution in [0.15, 0.2) is 24.3 Å². The van der Waals surface area contributed by atoms with Crippen LogP contribution in [0.3, 0.4) is 0 Å². The highest BCUT2D eigenvalue weighted by molar-refractivity contribution is 5.36. The third-order valence-electron chi connectivity index (χ3n) is 2.71. The van der Waals surface area contributed by atoms with Gasteiger partial charge in [-0.05, 0) is 44.2 Å². The maximum absolute atomic E-state index is 5.83. The van der Waals surface area contributed by atoms with E-state index in [1.54, 1.807) is 0 Å². The predicted octanol–water partition coefficient (Wildman–Crippen LogP) is 4.38. The minimum absolute atomic E-state index is 0.250. The standard InChI is InChI=1S/C14H22O/c1-5-12(6-2)13-9-7-8-10-14(13)15-11(3)4/h7-12H,5-6H2,1-4H3. The van der Waals surface area contributed by atoms with E-state index in [4.69, 9.17) is 4.74 Å². The normalized spacial score (nSPS) is 11.1. The molecule has 0 heterocycles. The van der Waals surface area contributed by atoms with Gasteiger partial charge in [-0.2, -0.15) is 0 Å². The van der Waals surface area contributed by atoms with Crippen molar-refractivity contribution < 1.29 is 4.74 Å². The maximum Gasteiger partial charge on any atom is 0.123 e. The predicted molar refractivity (Wildman–Crippen MR) is 65.5 cm³/mol. The summed E-state index contributed by atoms with van der Waals surface area (Å²) >= 11 is 0. The fourth-order valence-corrected chi connectivity index (χ4v) is 1.91. The molecule has 1 rings (SSSR count). The molecule has 0 radical (unpaired) electrons. The van der Waals surface area contributed by atoms with Gasteiger partial charge in [0, 0.05) is 0 Å². The molecule has 0 amide bonds. The van der Waals surface area contributed by atoms with Gasteiger partial charge in [-0.25, -0.2) is 0 Å². The van der Waals surface area contributed by atoms with Crippen LogP contribution in [0.4, 0.5) is 0 Å². The molecule has 1 aromatic carbocycles. The smallest absolute Gasteiger partial charge is 0.123 e. The van der Waals surface area contributed by atoms with Gasteiger partial charge in [0.05, 0.1) is 6.10 Å². The molecule has 0 spiro atoms. The van der Waals surface area contributed by atoms with Crippen molar-refractivity contribution in [3.05, 3.63) is 29.8 Å². The third kappa shape index (κ3) is 3.26. The number of rotatable bonds is 5. The second-order valence-corrected chi connectivity index (χ2v) is 4.22. The lowest BCUT2D eigenvalue weighted by molar-refractivity contribution is 0.238. The summed E-state index contributed by atoms with van der Waals surface area (Å²) in [5.41, 5.74) is 1.36. The van der Waals surface area contributed by atoms with Gasteiger partial charge < -0.3 is 4.74 Å². The first-order chi connectivity index (χ1) is 7.19. The summed E-state index contributed by atoms with van der Waals surface area (Å²) in [6.45, 7) is 8.62. The number of ether oxygens (including phenoxy) is 1. The zero-order chi connectivity index (χ0) is 11.3. The molecule has 0 unspecified atom stereocenters. The van der Waals surface area contributed by atoms with E-state index in [1.165, 1.54) is 18.4 Å². The van der Waals surface area contributed by atoms with Crippen molar-refractivity contribution in [3.8, 4) is 5.75 Å². The van der Waals surface area contributed by atoms with E-state index in [0.717, 1.165) is 5.75 Å². The molecular weight excluding hydrogens is 184 g/mol. The van der Waals surface area contributed by atoms with Gasteiger partial charge in [0.1, 0.15) is 5.75 Å². The molecule has 84 valence electrons. The first kappa shape index (κ1) is 12.1. The molecule has 0 N–H and O–H groups in total. The highest BCUT2D eigenvalue weighted by Gasteiger charge is 2.12. The average molecular weight is 206 g/mol. The Morgan fingerprint density at radius 1 is 1.07 bits per heavy atom. The van der Waals surface area contributed by atoms with Crippen LogP contribution in [-0.4, -0.2) is 6.10 Å². The molecule has 0 atom stereocenters. The van der Waals surface area contributed by atoms with Crippen LogP contribution in [0.2, 0.25) is 0 Å². The van der Waals surface area contributed by atoms with Crippen LogP contribution in [0.25, 0.3) is 0 Å². The highest BCUT2D eigenvalue weighted by atomic mass is 16.5. The van der Waals surface area contributed by atoms with Crippen molar-refractivity contribution in [2.24, 2.45) is 0 Å². The highest BCUT2D eigenvalue weighted by Crippen LogP contribution is 2.31. The molecule has 0 bridgehead atoms. The summed E-state index contributed by atoms with van der Waals surface area (Å²) in [7, 11) is 0. The average Bonchev–Trinajstić information content (AvgIpc) is 2.21. The van der Waals surface area contributed by atoms with Gasteiger partial charge in [0.15, 0.2) is 0 Å². The third-order valence-corrected chi connectivity index (χ3v) is 2.71. The van der Waals surface area contributed by atoms with E-state index < -0.39 is 0 Å². The number of hydrogen-bond donors (Lipinski definition) is 0. The fraction of sp³-hybridized carbons (Fsp3) is 0.571. The van der Waals surface area contributed by atoms with Crippen molar-refractivity contribution >= 4 is 0 Å². The zero-order valence-corrected chi connectivity index (χ0v) is 10.3. The molecule has 1 nitrogen and oxygen atoms in total. The van der Waals surface area contributed by atoms with E-state index >= 15 is 0 Å². The minimum atomic E-state index is 0.250. The molecule has 1 aromatic rings. The van der Waals surface area contributed by atoms with E-state index in [0.29, 0.717) is 5.92 Å². The van der Waals surface area contributed by atoms with Crippen LogP contribution < -0.4 is 4.74 Å². The Morgan fingerprint density at radius 2 is 1.67 bits per heavy atom. The molecule has 0 aliphatic rings. The van der Waals surface area contributed by atoms with Crippen molar-refractivity contribution in [3.63, 3.8) is 0 Å². The lowest BCUT2D eigenvalue weighted by Gasteiger charge is -2.19. The van der Waals surface area contributed by atoms with E-state index in [1.807, 2.05) is 6.07 Å². The largest absolute Gasteiger partial charge is 0.491 e. The topological polar surface area (TPSA) is 9.23 Å². The Balaban J connectivity index is 2.94. The van der Waals surface area contributed by atoms with Gasteiger partial charge >= 0.3 is 0 Å². The second kappa shape index (κ2) is 5.79. The summed E-state index contributed by atoms with van der Waals surface area (Å²) in [6, 6.07) is 8.41. The van der Waals surface area contributed by atoms with Gasteiger partial charge in [-0.3, -0.25) is 0 Å². The molecule has 15 heavy (non-hydrogen) atoms.